The maximum atomic E-state index is 5.82. The zero-order chi connectivity index (χ0) is 14.0. The van der Waals surface area contributed by atoms with Crippen LogP contribution in [0.1, 0.15) is 32.4 Å². The highest BCUT2D eigenvalue weighted by Gasteiger charge is 2.24. The number of nitrogens with zero attached hydrogens (tertiary/aromatic N) is 1. The summed E-state index contributed by atoms with van der Waals surface area (Å²) >= 11 is 3.57. The first-order chi connectivity index (χ1) is 9.01. The van der Waals surface area contributed by atoms with Crippen LogP contribution in [0.25, 0.3) is 0 Å². The first-order valence-electron chi connectivity index (χ1n) is 6.88. The molecule has 2 rings (SSSR count). The third-order valence-corrected chi connectivity index (χ3v) is 4.14. The third kappa shape index (κ3) is 3.50. The van der Waals surface area contributed by atoms with Gasteiger partial charge in [0.25, 0.3) is 0 Å². The summed E-state index contributed by atoms with van der Waals surface area (Å²) < 4.78 is 6.95. The van der Waals surface area contributed by atoms with Crippen molar-refractivity contribution in [2.24, 2.45) is 0 Å². The van der Waals surface area contributed by atoms with Gasteiger partial charge in [0.05, 0.1) is 12.2 Å². The Balaban J connectivity index is 2.32. The van der Waals surface area contributed by atoms with Crippen LogP contribution in [0.4, 0.5) is 5.69 Å². The zero-order valence-electron chi connectivity index (χ0n) is 12.1. The average Bonchev–Trinajstić information content (AvgIpc) is 2.36. The Hall–Kier alpha value is -0.580. The van der Waals surface area contributed by atoms with Gasteiger partial charge in [-0.3, -0.25) is 0 Å². The third-order valence-electron chi connectivity index (χ3n) is 3.65. The lowest BCUT2D eigenvalue weighted by Gasteiger charge is -2.38. The van der Waals surface area contributed by atoms with Crippen LogP contribution >= 0.6 is 15.9 Å². The molecule has 1 N–H and O–H groups in total. The van der Waals surface area contributed by atoms with Crippen molar-refractivity contribution in [2.75, 3.05) is 25.0 Å². The van der Waals surface area contributed by atoms with Crippen molar-refractivity contribution >= 4 is 21.6 Å². The fourth-order valence-electron chi connectivity index (χ4n) is 2.69. The molecule has 19 heavy (non-hydrogen) atoms. The molecule has 0 aliphatic carbocycles. The van der Waals surface area contributed by atoms with E-state index in [0.717, 1.165) is 17.6 Å². The van der Waals surface area contributed by atoms with Gasteiger partial charge >= 0.3 is 0 Å². The quantitative estimate of drug-likeness (QED) is 0.921. The van der Waals surface area contributed by atoms with Gasteiger partial charge in [-0.25, -0.2) is 0 Å². The number of rotatable bonds is 3. The van der Waals surface area contributed by atoms with E-state index in [0.29, 0.717) is 6.04 Å². The number of anilines is 1. The molecule has 1 saturated heterocycles. The molecule has 3 atom stereocenters. The van der Waals surface area contributed by atoms with Gasteiger partial charge in [0.15, 0.2) is 0 Å². The van der Waals surface area contributed by atoms with Gasteiger partial charge in [-0.05, 0) is 51.6 Å². The zero-order valence-corrected chi connectivity index (χ0v) is 13.7. The van der Waals surface area contributed by atoms with Crippen LogP contribution in [-0.4, -0.2) is 32.3 Å². The van der Waals surface area contributed by atoms with Crippen molar-refractivity contribution in [3.63, 3.8) is 0 Å². The van der Waals surface area contributed by atoms with Crippen molar-refractivity contribution in [3.8, 4) is 0 Å². The minimum Gasteiger partial charge on any atom is -0.372 e. The van der Waals surface area contributed by atoms with Crippen molar-refractivity contribution in [1.29, 1.82) is 0 Å². The topological polar surface area (TPSA) is 24.5 Å². The number of nitrogens with one attached hydrogen (secondary N) is 1. The minimum absolute atomic E-state index is 0.283. The highest BCUT2D eigenvalue weighted by Crippen LogP contribution is 2.31. The molecule has 106 valence electrons. The SMILES string of the molecule is CNC(C)c1cc(Br)ccc1N1CC(C)OC(C)C1. The Bertz CT molecular complexity index is 428. The van der Waals surface area contributed by atoms with E-state index in [4.69, 9.17) is 4.74 Å². The molecule has 0 saturated carbocycles. The Morgan fingerprint density at radius 3 is 2.53 bits per heavy atom. The van der Waals surface area contributed by atoms with Gasteiger partial charge in [0, 0.05) is 29.3 Å². The Morgan fingerprint density at radius 2 is 1.95 bits per heavy atom. The van der Waals surface area contributed by atoms with E-state index in [-0.39, 0.29) is 12.2 Å². The number of halogens is 1. The molecule has 1 aromatic rings. The first kappa shape index (κ1) is 14.8. The highest BCUT2D eigenvalue weighted by molar-refractivity contribution is 9.10. The van der Waals surface area contributed by atoms with Crippen LogP contribution < -0.4 is 10.2 Å². The Kier molecular flexibility index (Phi) is 4.87. The van der Waals surface area contributed by atoms with Crippen LogP contribution in [0, 0.1) is 0 Å². The smallest absolute Gasteiger partial charge is 0.0726 e. The molecule has 1 aliphatic heterocycles. The van der Waals surface area contributed by atoms with Gasteiger partial charge in [-0.2, -0.15) is 0 Å². The maximum absolute atomic E-state index is 5.82. The lowest BCUT2D eigenvalue weighted by molar-refractivity contribution is -0.00528. The van der Waals surface area contributed by atoms with Gasteiger partial charge < -0.3 is 15.0 Å². The Morgan fingerprint density at radius 1 is 1.32 bits per heavy atom. The normalized spacial score (nSPS) is 25.4. The molecule has 0 amide bonds. The summed E-state index contributed by atoms with van der Waals surface area (Å²) in [7, 11) is 2.00. The lowest BCUT2D eigenvalue weighted by atomic mass is 10.0. The van der Waals surface area contributed by atoms with E-state index in [1.807, 2.05) is 7.05 Å². The summed E-state index contributed by atoms with van der Waals surface area (Å²) in [5, 5.41) is 3.33. The van der Waals surface area contributed by atoms with Gasteiger partial charge in [-0.1, -0.05) is 15.9 Å². The average molecular weight is 327 g/mol. The lowest BCUT2D eigenvalue weighted by Crippen LogP contribution is -2.46. The molecule has 0 spiro atoms. The second-order valence-electron chi connectivity index (χ2n) is 5.38. The molecule has 1 aliphatic rings. The number of hydrogen-bond acceptors (Lipinski definition) is 3. The van der Waals surface area contributed by atoms with E-state index in [1.54, 1.807) is 0 Å². The monoisotopic (exact) mass is 326 g/mol. The largest absolute Gasteiger partial charge is 0.372 e. The number of morpholine rings is 1. The van der Waals surface area contributed by atoms with Crippen molar-refractivity contribution in [3.05, 3.63) is 28.2 Å². The molecular formula is C15H23BrN2O. The molecule has 1 aromatic carbocycles. The van der Waals surface area contributed by atoms with Crippen molar-refractivity contribution in [2.45, 2.75) is 39.0 Å². The van der Waals surface area contributed by atoms with Gasteiger partial charge in [0.1, 0.15) is 0 Å². The van der Waals surface area contributed by atoms with Crippen LogP contribution in [0.15, 0.2) is 22.7 Å². The van der Waals surface area contributed by atoms with Crippen LogP contribution in [0.5, 0.6) is 0 Å². The first-order valence-corrected chi connectivity index (χ1v) is 7.67. The van der Waals surface area contributed by atoms with E-state index in [2.05, 4.69) is 65.1 Å². The molecule has 0 radical (unpaired) electrons. The summed E-state index contributed by atoms with van der Waals surface area (Å²) in [5.41, 5.74) is 2.64. The maximum Gasteiger partial charge on any atom is 0.0726 e. The molecule has 3 unspecified atom stereocenters. The van der Waals surface area contributed by atoms with Gasteiger partial charge in [0.2, 0.25) is 0 Å². The molecule has 1 fully saturated rings. The predicted molar refractivity (Wildman–Crippen MR) is 83.8 cm³/mol. The predicted octanol–water partition coefficient (Wildman–Crippen LogP) is 3.34. The van der Waals surface area contributed by atoms with E-state index < -0.39 is 0 Å². The second kappa shape index (κ2) is 6.25. The fraction of sp³-hybridized carbons (Fsp3) is 0.600. The van der Waals surface area contributed by atoms with Crippen molar-refractivity contribution in [1.82, 2.24) is 5.32 Å². The summed E-state index contributed by atoms with van der Waals surface area (Å²) in [6.45, 7) is 8.38. The summed E-state index contributed by atoms with van der Waals surface area (Å²) in [5.74, 6) is 0. The van der Waals surface area contributed by atoms with E-state index >= 15 is 0 Å². The van der Waals surface area contributed by atoms with Crippen LogP contribution in [-0.2, 0) is 4.74 Å². The number of benzene rings is 1. The second-order valence-corrected chi connectivity index (χ2v) is 6.29. The number of ether oxygens (including phenoxy) is 1. The standard InChI is InChI=1S/C15H23BrN2O/c1-10-8-18(9-11(2)19-10)15-6-5-13(16)7-14(15)12(3)17-4/h5-7,10-12,17H,8-9H2,1-4H3. The van der Waals surface area contributed by atoms with Crippen LogP contribution in [0.2, 0.25) is 0 Å². The minimum atomic E-state index is 0.283. The molecule has 3 nitrogen and oxygen atoms in total. The molecule has 0 aromatic heterocycles. The number of hydrogen-bond donors (Lipinski definition) is 1. The summed E-state index contributed by atoms with van der Waals surface area (Å²) in [4.78, 5) is 2.44. The fourth-order valence-corrected chi connectivity index (χ4v) is 3.07. The van der Waals surface area contributed by atoms with Crippen molar-refractivity contribution < 1.29 is 4.74 Å². The summed E-state index contributed by atoms with van der Waals surface area (Å²) in [6.07, 6.45) is 0.565. The highest BCUT2D eigenvalue weighted by atomic mass is 79.9. The molecule has 4 heteroatoms. The van der Waals surface area contributed by atoms with Gasteiger partial charge in [-0.15, -0.1) is 0 Å². The summed E-state index contributed by atoms with van der Waals surface area (Å²) in [6, 6.07) is 6.87. The van der Waals surface area contributed by atoms with Crippen LogP contribution in [0.3, 0.4) is 0 Å². The molecule has 1 heterocycles. The Labute approximate surface area is 124 Å². The van der Waals surface area contributed by atoms with E-state index in [1.165, 1.54) is 11.3 Å². The molecule has 0 bridgehead atoms. The molecular weight excluding hydrogens is 304 g/mol. The van der Waals surface area contributed by atoms with E-state index in [9.17, 15) is 0 Å².